The van der Waals surface area contributed by atoms with Gasteiger partial charge in [-0.1, -0.05) is 63.1 Å². The van der Waals surface area contributed by atoms with Gasteiger partial charge in [0.2, 0.25) is 0 Å². The fourth-order valence-corrected chi connectivity index (χ4v) is 7.11. The molecular formula is C26H40O. The Morgan fingerprint density at radius 1 is 1.04 bits per heavy atom. The van der Waals surface area contributed by atoms with Crippen molar-refractivity contribution in [2.24, 2.45) is 34.5 Å². The summed E-state index contributed by atoms with van der Waals surface area (Å²) in [5.74, 6) is 3.16. The van der Waals surface area contributed by atoms with Gasteiger partial charge < -0.3 is 5.11 Å². The Labute approximate surface area is 167 Å². The van der Waals surface area contributed by atoms with E-state index in [2.05, 4.69) is 52.0 Å². The summed E-state index contributed by atoms with van der Waals surface area (Å²) in [5.41, 5.74) is 4.13. The molecule has 4 rings (SSSR count). The molecule has 1 heteroatoms. The molecule has 0 amide bonds. The standard InChI is InChI=1S/C26H40O/c1-18(2)7-5-6-8-19-10-12-23-22-11-9-20-17-21(27)13-15-26(20,4)24(22)14-16-25(19,23)3/h5-6,9,11,18-19,21,23-24,27H,7-8,10,12-17H2,1-4H3/b6-5+/t19-,21-,23?,24?,25?,26?/m0/s1. The fourth-order valence-electron chi connectivity index (χ4n) is 7.11. The highest BCUT2D eigenvalue weighted by atomic mass is 16.3. The molecule has 6 atom stereocenters. The van der Waals surface area contributed by atoms with Gasteiger partial charge in [-0.3, -0.25) is 0 Å². The molecule has 27 heavy (non-hydrogen) atoms. The van der Waals surface area contributed by atoms with Crippen molar-refractivity contribution >= 4 is 0 Å². The highest BCUT2D eigenvalue weighted by Crippen LogP contribution is 2.65. The fraction of sp³-hybridized carbons (Fsp3) is 0.769. The first kappa shape index (κ1) is 19.5. The third kappa shape index (κ3) is 3.28. The molecule has 0 bridgehead atoms. The van der Waals surface area contributed by atoms with E-state index in [0.29, 0.717) is 10.8 Å². The molecule has 0 aromatic heterocycles. The molecule has 3 saturated carbocycles. The second kappa shape index (κ2) is 7.21. The number of hydrogen-bond donors (Lipinski definition) is 1. The molecule has 1 N–H and O–H groups in total. The first-order valence-electron chi connectivity index (χ1n) is 11.6. The van der Waals surface area contributed by atoms with Crippen molar-refractivity contribution in [3.63, 3.8) is 0 Å². The molecule has 4 unspecified atom stereocenters. The van der Waals surface area contributed by atoms with Crippen LogP contribution >= 0.6 is 0 Å². The van der Waals surface area contributed by atoms with Crippen LogP contribution in [0.2, 0.25) is 0 Å². The zero-order valence-corrected chi connectivity index (χ0v) is 18.0. The lowest BCUT2D eigenvalue weighted by Gasteiger charge is -2.54. The predicted octanol–water partition coefficient (Wildman–Crippen LogP) is 6.84. The minimum atomic E-state index is -0.110. The smallest absolute Gasteiger partial charge is 0.0578 e. The quantitative estimate of drug-likeness (QED) is 0.539. The lowest BCUT2D eigenvalue weighted by Crippen LogP contribution is -2.45. The van der Waals surface area contributed by atoms with Crippen molar-refractivity contribution in [3.05, 3.63) is 35.5 Å². The van der Waals surface area contributed by atoms with Crippen molar-refractivity contribution in [1.29, 1.82) is 0 Å². The first-order valence-corrected chi connectivity index (χ1v) is 11.6. The number of rotatable bonds is 4. The van der Waals surface area contributed by atoms with Crippen LogP contribution in [-0.2, 0) is 0 Å². The van der Waals surface area contributed by atoms with Crippen molar-refractivity contribution in [2.75, 3.05) is 0 Å². The van der Waals surface area contributed by atoms with Crippen LogP contribution in [0.25, 0.3) is 0 Å². The third-order valence-electron chi connectivity index (χ3n) is 8.94. The lowest BCUT2D eigenvalue weighted by molar-refractivity contribution is 0.0453. The average Bonchev–Trinajstić information content (AvgIpc) is 2.96. The van der Waals surface area contributed by atoms with E-state index < -0.39 is 0 Å². The van der Waals surface area contributed by atoms with Crippen molar-refractivity contribution in [3.8, 4) is 0 Å². The number of hydrogen-bond acceptors (Lipinski definition) is 1. The summed E-state index contributed by atoms with van der Waals surface area (Å²) in [5, 5.41) is 10.2. The maximum Gasteiger partial charge on any atom is 0.0578 e. The van der Waals surface area contributed by atoms with Gasteiger partial charge in [0.25, 0.3) is 0 Å². The van der Waals surface area contributed by atoms with Crippen LogP contribution < -0.4 is 0 Å². The Balaban J connectivity index is 1.53. The van der Waals surface area contributed by atoms with E-state index >= 15 is 0 Å². The highest BCUT2D eigenvalue weighted by Gasteiger charge is 2.55. The molecule has 3 fully saturated rings. The van der Waals surface area contributed by atoms with Crippen LogP contribution in [0.3, 0.4) is 0 Å². The number of fused-ring (bicyclic) bond motifs is 5. The van der Waals surface area contributed by atoms with Gasteiger partial charge in [0.05, 0.1) is 6.10 Å². The van der Waals surface area contributed by atoms with Crippen LogP contribution in [-0.4, -0.2) is 11.2 Å². The Bertz CT molecular complexity index is 653. The first-order chi connectivity index (χ1) is 12.8. The molecule has 0 radical (unpaired) electrons. The predicted molar refractivity (Wildman–Crippen MR) is 114 cm³/mol. The SMILES string of the molecule is CC(C)C/C=C/C[C@H]1CCC2C3=CC=C4C[C@@H](O)CCC4(C)C3CCC21C. The second-order valence-corrected chi connectivity index (χ2v) is 10.9. The Morgan fingerprint density at radius 3 is 2.63 bits per heavy atom. The van der Waals surface area contributed by atoms with Crippen molar-refractivity contribution < 1.29 is 5.11 Å². The van der Waals surface area contributed by atoms with Gasteiger partial charge in [0.15, 0.2) is 0 Å². The van der Waals surface area contributed by atoms with Gasteiger partial charge in [-0.05, 0) is 92.3 Å². The molecule has 0 saturated heterocycles. The molecule has 4 aliphatic rings. The van der Waals surface area contributed by atoms with E-state index in [-0.39, 0.29) is 6.10 Å². The Morgan fingerprint density at radius 2 is 1.85 bits per heavy atom. The summed E-state index contributed by atoms with van der Waals surface area (Å²) in [6, 6.07) is 0. The highest BCUT2D eigenvalue weighted by molar-refractivity contribution is 5.38. The summed E-state index contributed by atoms with van der Waals surface area (Å²) >= 11 is 0. The van der Waals surface area contributed by atoms with E-state index in [1.807, 2.05) is 0 Å². The summed E-state index contributed by atoms with van der Waals surface area (Å²) in [7, 11) is 0. The molecule has 1 nitrogen and oxygen atoms in total. The minimum Gasteiger partial charge on any atom is -0.393 e. The van der Waals surface area contributed by atoms with Gasteiger partial charge in [-0.15, -0.1) is 0 Å². The molecular weight excluding hydrogens is 328 g/mol. The lowest BCUT2D eigenvalue weighted by atomic mass is 9.50. The molecule has 4 aliphatic carbocycles. The maximum atomic E-state index is 10.2. The average molecular weight is 369 g/mol. The zero-order valence-electron chi connectivity index (χ0n) is 18.0. The normalized spacial score (nSPS) is 43.9. The second-order valence-electron chi connectivity index (χ2n) is 10.9. The summed E-state index contributed by atoms with van der Waals surface area (Å²) in [6.45, 7) is 9.72. The number of aliphatic hydroxyl groups excluding tert-OH is 1. The van der Waals surface area contributed by atoms with Crippen LogP contribution in [0.4, 0.5) is 0 Å². The van der Waals surface area contributed by atoms with Crippen LogP contribution in [0.15, 0.2) is 35.5 Å². The molecule has 0 heterocycles. The van der Waals surface area contributed by atoms with E-state index in [1.54, 1.807) is 5.57 Å². The molecule has 0 aromatic rings. The molecule has 0 spiro atoms. The van der Waals surface area contributed by atoms with E-state index in [0.717, 1.165) is 36.5 Å². The van der Waals surface area contributed by atoms with E-state index in [9.17, 15) is 5.11 Å². The maximum absolute atomic E-state index is 10.2. The Kier molecular flexibility index (Phi) is 5.21. The van der Waals surface area contributed by atoms with Crippen LogP contribution in [0.5, 0.6) is 0 Å². The molecule has 150 valence electrons. The van der Waals surface area contributed by atoms with E-state index in [4.69, 9.17) is 0 Å². The van der Waals surface area contributed by atoms with Gasteiger partial charge in [0, 0.05) is 0 Å². The third-order valence-corrected chi connectivity index (χ3v) is 8.94. The molecule has 0 aromatic carbocycles. The van der Waals surface area contributed by atoms with Gasteiger partial charge in [0.1, 0.15) is 0 Å². The van der Waals surface area contributed by atoms with E-state index in [1.165, 1.54) is 50.5 Å². The molecule has 0 aliphatic heterocycles. The number of aliphatic hydroxyl groups is 1. The zero-order chi connectivity index (χ0) is 19.2. The Hall–Kier alpha value is -0.820. The van der Waals surface area contributed by atoms with Gasteiger partial charge in [-0.2, -0.15) is 0 Å². The van der Waals surface area contributed by atoms with Gasteiger partial charge in [-0.25, -0.2) is 0 Å². The summed E-state index contributed by atoms with van der Waals surface area (Å²) < 4.78 is 0. The summed E-state index contributed by atoms with van der Waals surface area (Å²) in [6.07, 6.45) is 20.8. The van der Waals surface area contributed by atoms with Crippen molar-refractivity contribution in [2.45, 2.75) is 91.6 Å². The van der Waals surface area contributed by atoms with Crippen molar-refractivity contribution in [1.82, 2.24) is 0 Å². The number of allylic oxidation sites excluding steroid dienone is 5. The van der Waals surface area contributed by atoms with Gasteiger partial charge >= 0.3 is 0 Å². The topological polar surface area (TPSA) is 20.2 Å². The minimum absolute atomic E-state index is 0.110. The van der Waals surface area contributed by atoms with Crippen LogP contribution in [0.1, 0.15) is 85.5 Å². The monoisotopic (exact) mass is 368 g/mol. The summed E-state index contributed by atoms with van der Waals surface area (Å²) in [4.78, 5) is 0. The largest absolute Gasteiger partial charge is 0.393 e. The van der Waals surface area contributed by atoms with Crippen LogP contribution in [0, 0.1) is 34.5 Å².